The van der Waals surface area contributed by atoms with Gasteiger partial charge in [-0.2, -0.15) is 0 Å². The van der Waals surface area contributed by atoms with Crippen molar-refractivity contribution in [1.82, 2.24) is 0 Å². The topological polar surface area (TPSA) is 112 Å². The van der Waals surface area contributed by atoms with E-state index in [1.807, 2.05) is 0 Å². The highest BCUT2D eigenvalue weighted by atomic mass is 35.5. The second-order valence-corrected chi connectivity index (χ2v) is 7.18. The number of hydrogen-bond donors (Lipinski definition) is 2. The molecule has 0 fully saturated rings. The summed E-state index contributed by atoms with van der Waals surface area (Å²) >= 11 is 5.96. The van der Waals surface area contributed by atoms with Crippen LogP contribution in [0.5, 0.6) is 0 Å². The molecule has 0 aromatic heterocycles. The van der Waals surface area contributed by atoms with Crippen LogP contribution < -0.4 is 4.31 Å². The number of hydrogen-bond acceptors (Lipinski definition) is 4. The molecule has 25 heavy (non-hydrogen) atoms. The average molecular weight is 384 g/mol. The Bertz CT molecular complexity index is 941. The van der Waals surface area contributed by atoms with Gasteiger partial charge in [-0.1, -0.05) is 23.7 Å². The van der Waals surface area contributed by atoms with Crippen LogP contribution in [0, 0.1) is 0 Å². The smallest absolute Gasteiger partial charge is 0.337 e. The maximum Gasteiger partial charge on any atom is 0.337 e. The van der Waals surface area contributed by atoms with Gasteiger partial charge in [-0.15, -0.1) is 0 Å². The van der Waals surface area contributed by atoms with Gasteiger partial charge in [-0.25, -0.2) is 18.0 Å². The molecule has 0 unspecified atom stereocenters. The molecule has 0 saturated heterocycles. The molecule has 0 spiro atoms. The molecular formula is C16H14ClNO6S. The van der Waals surface area contributed by atoms with Crippen molar-refractivity contribution in [2.75, 3.05) is 10.8 Å². The number of carboxylic acid groups (broad SMARTS) is 2. The highest BCUT2D eigenvalue weighted by Crippen LogP contribution is 2.31. The summed E-state index contributed by atoms with van der Waals surface area (Å²) in [6, 6.07) is 8.94. The highest BCUT2D eigenvalue weighted by Gasteiger charge is 2.29. The molecule has 0 aliphatic carbocycles. The first kappa shape index (κ1) is 18.8. The van der Waals surface area contributed by atoms with Crippen LogP contribution in [0.2, 0.25) is 5.02 Å². The number of rotatable bonds is 6. The van der Waals surface area contributed by atoms with Crippen LogP contribution in [0.15, 0.2) is 47.4 Å². The summed E-state index contributed by atoms with van der Waals surface area (Å²) < 4.78 is 26.9. The van der Waals surface area contributed by atoms with Gasteiger partial charge < -0.3 is 10.2 Å². The van der Waals surface area contributed by atoms with E-state index < -0.39 is 26.9 Å². The highest BCUT2D eigenvalue weighted by molar-refractivity contribution is 7.93. The number of halogens is 1. The Morgan fingerprint density at radius 3 is 2.28 bits per heavy atom. The molecule has 2 N–H and O–H groups in total. The summed E-state index contributed by atoms with van der Waals surface area (Å²) in [6.07, 6.45) is 0. The van der Waals surface area contributed by atoms with Crippen LogP contribution >= 0.6 is 11.6 Å². The van der Waals surface area contributed by atoms with Crippen LogP contribution in [0.3, 0.4) is 0 Å². The predicted molar refractivity (Wildman–Crippen MR) is 92.0 cm³/mol. The molecule has 0 aliphatic heterocycles. The summed E-state index contributed by atoms with van der Waals surface area (Å²) in [5.74, 6) is -2.59. The van der Waals surface area contributed by atoms with Gasteiger partial charge in [0.2, 0.25) is 0 Å². The van der Waals surface area contributed by atoms with E-state index in [1.165, 1.54) is 43.3 Å². The summed E-state index contributed by atoms with van der Waals surface area (Å²) in [5.41, 5.74) is -0.474. The summed E-state index contributed by atoms with van der Waals surface area (Å²) in [6.45, 7) is 1.46. The third kappa shape index (κ3) is 3.59. The third-order valence-electron chi connectivity index (χ3n) is 3.44. The van der Waals surface area contributed by atoms with Crippen LogP contribution in [0.25, 0.3) is 0 Å². The van der Waals surface area contributed by atoms with Crippen molar-refractivity contribution in [2.45, 2.75) is 11.8 Å². The van der Waals surface area contributed by atoms with E-state index in [2.05, 4.69) is 0 Å². The van der Waals surface area contributed by atoms with Gasteiger partial charge in [0, 0.05) is 6.54 Å². The molecule has 132 valence electrons. The first-order valence-corrected chi connectivity index (χ1v) is 8.89. The molecule has 0 saturated carbocycles. The largest absolute Gasteiger partial charge is 0.478 e. The lowest BCUT2D eigenvalue weighted by atomic mass is 10.2. The fourth-order valence-electron chi connectivity index (χ4n) is 2.29. The molecule has 2 aromatic rings. The Labute approximate surface area is 149 Å². The van der Waals surface area contributed by atoms with Crippen molar-refractivity contribution in [2.24, 2.45) is 0 Å². The summed E-state index contributed by atoms with van der Waals surface area (Å²) in [7, 11) is -4.27. The van der Waals surface area contributed by atoms with Crippen LogP contribution in [-0.4, -0.2) is 37.1 Å². The second-order valence-electron chi connectivity index (χ2n) is 4.94. The van der Waals surface area contributed by atoms with Gasteiger partial charge >= 0.3 is 11.9 Å². The Hall–Kier alpha value is -2.58. The molecular weight excluding hydrogens is 370 g/mol. The molecule has 0 bridgehead atoms. The Morgan fingerprint density at radius 1 is 1.08 bits per heavy atom. The first-order chi connectivity index (χ1) is 11.7. The van der Waals surface area contributed by atoms with E-state index in [4.69, 9.17) is 16.7 Å². The van der Waals surface area contributed by atoms with Crippen molar-refractivity contribution >= 4 is 39.3 Å². The lowest BCUT2D eigenvalue weighted by Crippen LogP contribution is -2.32. The fourth-order valence-corrected chi connectivity index (χ4v) is 4.29. The first-order valence-electron chi connectivity index (χ1n) is 7.08. The van der Waals surface area contributed by atoms with Gasteiger partial charge in [0.15, 0.2) is 0 Å². The van der Waals surface area contributed by atoms with Crippen molar-refractivity contribution in [3.63, 3.8) is 0 Å². The molecule has 0 amide bonds. The molecule has 0 atom stereocenters. The molecule has 0 aliphatic rings. The Morgan fingerprint density at radius 2 is 1.72 bits per heavy atom. The quantitative estimate of drug-likeness (QED) is 0.793. The predicted octanol–water partition coefficient (Wildman–Crippen LogP) is 2.95. The molecule has 7 nitrogen and oxygen atoms in total. The molecule has 0 radical (unpaired) electrons. The Kier molecular flexibility index (Phi) is 5.34. The van der Waals surface area contributed by atoms with Crippen LogP contribution in [0.1, 0.15) is 27.6 Å². The van der Waals surface area contributed by atoms with E-state index in [-0.39, 0.29) is 28.4 Å². The van der Waals surface area contributed by atoms with Gasteiger partial charge in [-0.05, 0) is 37.3 Å². The summed E-state index contributed by atoms with van der Waals surface area (Å²) in [4.78, 5) is 22.1. The fraction of sp³-hybridized carbons (Fsp3) is 0.125. The maximum atomic E-state index is 13.0. The normalized spacial score (nSPS) is 11.1. The molecule has 0 heterocycles. The third-order valence-corrected chi connectivity index (χ3v) is 5.81. The average Bonchev–Trinajstić information content (AvgIpc) is 2.55. The number of sulfonamides is 1. The zero-order chi connectivity index (χ0) is 18.8. The SMILES string of the molecule is CCN(c1ccccc1C(=O)O)S(=O)(=O)c1cc(C(=O)O)ccc1Cl. The van der Waals surface area contributed by atoms with Gasteiger partial charge in [-0.3, -0.25) is 4.31 Å². The van der Waals surface area contributed by atoms with Gasteiger partial charge in [0.25, 0.3) is 10.0 Å². The van der Waals surface area contributed by atoms with E-state index in [9.17, 15) is 23.1 Å². The van der Waals surface area contributed by atoms with Gasteiger partial charge in [0.1, 0.15) is 4.90 Å². The van der Waals surface area contributed by atoms with E-state index >= 15 is 0 Å². The van der Waals surface area contributed by atoms with Crippen molar-refractivity contribution in [3.05, 3.63) is 58.6 Å². The number of benzene rings is 2. The van der Waals surface area contributed by atoms with Gasteiger partial charge in [0.05, 0.1) is 21.8 Å². The van der Waals surface area contributed by atoms with E-state index in [1.54, 1.807) is 0 Å². The number of aromatic carboxylic acids is 2. The van der Waals surface area contributed by atoms with Crippen molar-refractivity contribution < 1.29 is 28.2 Å². The zero-order valence-electron chi connectivity index (χ0n) is 13.0. The van der Waals surface area contributed by atoms with Crippen LogP contribution in [-0.2, 0) is 10.0 Å². The second kappa shape index (κ2) is 7.12. The number of carbonyl (C=O) groups is 2. The molecule has 2 rings (SSSR count). The minimum absolute atomic E-state index is 0.0331. The minimum Gasteiger partial charge on any atom is -0.478 e. The zero-order valence-corrected chi connectivity index (χ0v) is 14.6. The molecule has 2 aromatic carbocycles. The number of para-hydroxylation sites is 1. The lowest BCUT2D eigenvalue weighted by Gasteiger charge is -2.25. The Balaban J connectivity index is 2.68. The number of carboxylic acids is 2. The van der Waals surface area contributed by atoms with Crippen molar-refractivity contribution in [3.8, 4) is 0 Å². The standard InChI is InChI=1S/C16H14ClNO6S/c1-2-18(13-6-4-3-5-11(13)16(21)22)25(23,24)14-9-10(15(19)20)7-8-12(14)17/h3-9H,2H2,1H3,(H,19,20)(H,21,22). The summed E-state index contributed by atoms with van der Waals surface area (Å²) in [5, 5.41) is 18.2. The lowest BCUT2D eigenvalue weighted by molar-refractivity contribution is 0.0686. The number of anilines is 1. The monoisotopic (exact) mass is 383 g/mol. The minimum atomic E-state index is -4.27. The van der Waals surface area contributed by atoms with Crippen LogP contribution in [0.4, 0.5) is 5.69 Å². The van der Waals surface area contributed by atoms with Crippen molar-refractivity contribution in [1.29, 1.82) is 0 Å². The molecule has 9 heteroatoms. The maximum absolute atomic E-state index is 13.0. The van der Waals surface area contributed by atoms with E-state index in [0.717, 1.165) is 10.4 Å². The van der Waals surface area contributed by atoms with E-state index in [0.29, 0.717) is 0 Å². The number of nitrogens with zero attached hydrogens (tertiary/aromatic N) is 1.